The summed E-state index contributed by atoms with van der Waals surface area (Å²) in [5.74, 6) is -1.52. The van der Waals surface area contributed by atoms with Crippen LogP contribution in [-0.4, -0.2) is 39.3 Å². The van der Waals surface area contributed by atoms with Gasteiger partial charge in [-0.1, -0.05) is 0 Å². The number of non-ortho nitro benzene ring substituents is 1. The smallest absolute Gasteiger partial charge is 0.269 e. The first kappa shape index (κ1) is 20.5. The Bertz CT molecular complexity index is 1100. The molecule has 11 nitrogen and oxygen atoms in total. The second-order valence-electron chi connectivity index (χ2n) is 7.79. The van der Waals surface area contributed by atoms with E-state index in [1.807, 2.05) is 4.90 Å². The summed E-state index contributed by atoms with van der Waals surface area (Å²) in [6, 6.07) is 5.51. The van der Waals surface area contributed by atoms with Crippen molar-refractivity contribution in [2.45, 2.75) is 44.6 Å². The molecule has 4 rings (SSSR count). The lowest BCUT2D eigenvalue weighted by molar-refractivity contribution is -0.384. The fraction of sp³-hybridized carbons (Fsp3) is 0.400. The van der Waals surface area contributed by atoms with Gasteiger partial charge in [0.05, 0.1) is 16.4 Å². The minimum atomic E-state index is -1.02. The van der Waals surface area contributed by atoms with Crippen LogP contribution in [0.2, 0.25) is 0 Å². The van der Waals surface area contributed by atoms with Gasteiger partial charge in [-0.15, -0.1) is 0 Å². The minimum absolute atomic E-state index is 0.0941. The van der Waals surface area contributed by atoms with Crippen LogP contribution in [0.5, 0.6) is 0 Å². The monoisotopic (exact) mass is 426 g/mol. The second-order valence-corrected chi connectivity index (χ2v) is 7.79. The van der Waals surface area contributed by atoms with E-state index < -0.39 is 28.2 Å². The number of hydrogen-bond acceptors (Lipinski definition) is 7. The van der Waals surface area contributed by atoms with Crippen LogP contribution in [0, 0.1) is 10.1 Å². The number of hydrogen-bond donors (Lipinski definition) is 3. The van der Waals surface area contributed by atoms with Crippen molar-refractivity contribution in [2.75, 3.05) is 22.1 Å². The van der Waals surface area contributed by atoms with E-state index in [9.17, 15) is 24.5 Å². The number of nitro benzene ring substituents is 1. The predicted octanol–water partition coefficient (Wildman–Crippen LogP) is 2.12. The number of piperidine rings is 1. The van der Waals surface area contributed by atoms with Gasteiger partial charge in [-0.2, -0.15) is 4.98 Å². The molecular formula is C20H22N6O5. The van der Waals surface area contributed by atoms with Crippen molar-refractivity contribution >= 4 is 35.0 Å². The SMILES string of the molecule is C[C@@H]1CCCCN1c1nc2c(c(=O)[nH]1)[C@H](C(=O)Nc1ccc([N+](=O)[O-])cc1)CC(=O)N2. The van der Waals surface area contributed by atoms with Crippen LogP contribution in [0.25, 0.3) is 0 Å². The average molecular weight is 426 g/mol. The number of anilines is 3. The summed E-state index contributed by atoms with van der Waals surface area (Å²) in [7, 11) is 0. The van der Waals surface area contributed by atoms with Crippen LogP contribution in [0.15, 0.2) is 29.1 Å². The van der Waals surface area contributed by atoms with Gasteiger partial charge < -0.3 is 15.5 Å². The Morgan fingerprint density at radius 1 is 1.26 bits per heavy atom. The minimum Gasteiger partial charge on any atom is -0.340 e. The van der Waals surface area contributed by atoms with Crippen LogP contribution < -0.4 is 21.1 Å². The van der Waals surface area contributed by atoms with Crippen molar-refractivity contribution in [1.29, 1.82) is 0 Å². The van der Waals surface area contributed by atoms with Gasteiger partial charge in [-0.05, 0) is 38.3 Å². The molecule has 2 aliphatic heterocycles. The summed E-state index contributed by atoms with van der Waals surface area (Å²) in [5.41, 5.74) is -0.152. The Morgan fingerprint density at radius 3 is 2.68 bits per heavy atom. The lowest BCUT2D eigenvalue weighted by atomic mass is 9.92. The first-order valence-corrected chi connectivity index (χ1v) is 10.1. The molecule has 1 aromatic carbocycles. The van der Waals surface area contributed by atoms with Crippen LogP contribution in [0.4, 0.5) is 23.1 Å². The average Bonchev–Trinajstić information content (AvgIpc) is 2.73. The third-order valence-corrected chi connectivity index (χ3v) is 5.68. The van der Waals surface area contributed by atoms with Gasteiger partial charge in [0.15, 0.2) is 0 Å². The zero-order valence-corrected chi connectivity index (χ0v) is 16.9. The van der Waals surface area contributed by atoms with Gasteiger partial charge in [0, 0.05) is 36.8 Å². The molecule has 0 spiro atoms. The number of nitrogens with zero attached hydrogens (tertiary/aromatic N) is 3. The van der Waals surface area contributed by atoms with Crippen LogP contribution in [-0.2, 0) is 9.59 Å². The lowest BCUT2D eigenvalue weighted by Crippen LogP contribution is -2.41. The molecule has 3 heterocycles. The highest BCUT2D eigenvalue weighted by molar-refractivity contribution is 6.04. The molecule has 162 valence electrons. The Labute approximate surface area is 177 Å². The molecule has 1 saturated heterocycles. The molecule has 0 aliphatic carbocycles. The largest absolute Gasteiger partial charge is 0.340 e. The Kier molecular flexibility index (Phi) is 5.40. The molecule has 31 heavy (non-hydrogen) atoms. The maximum absolute atomic E-state index is 12.9. The van der Waals surface area contributed by atoms with E-state index in [0.717, 1.165) is 25.8 Å². The first-order valence-electron chi connectivity index (χ1n) is 10.1. The molecule has 2 aliphatic rings. The Balaban J connectivity index is 1.62. The van der Waals surface area contributed by atoms with Gasteiger partial charge in [-0.3, -0.25) is 29.5 Å². The van der Waals surface area contributed by atoms with Crippen LogP contribution in [0.3, 0.4) is 0 Å². The number of aromatic amines is 1. The summed E-state index contributed by atoms with van der Waals surface area (Å²) < 4.78 is 0. The zero-order chi connectivity index (χ0) is 22.1. The number of benzene rings is 1. The highest BCUT2D eigenvalue weighted by atomic mass is 16.6. The zero-order valence-electron chi connectivity index (χ0n) is 16.9. The summed E-state index contributed by atoms with van der Waals surface area (Å²) in [4.78, 5) is 57.5. The number of carbonyl (C=O) groups is 2. The van der Waals surface area contributed by atoms with Gasteiger partial charge in [0.2, 0.25) is 17.8 Å². The van der Waals surface area contributed by atoms with E-state index in [1.54, 1.807) is 0 Å². The van der Waals surface area contributed by atoms with Gasteiger partial charge >= 0.3 is 0 Å². The molecule has 0 radical (unpaired) electrons. The molecule has 1 aromatic heterocycles. The predicted molar refractivity (Wildman–Crippen MR) is 113 cm³/mol. The Hall–Kier alpha value is -3.76. The molecule has 3 N–H and O–H groups in total. The summed E-state index contributed by atoms with van der Waals surface area (Å²) in [6.45, 7) is 2.80. The number of carbonyl (C=O) groups excluding carboxylic acids is 2. The summed E-state index contributed by atoms with van der Waals surface area (Å²) in [6.07, 6.45) is 2.87. The standard InChI is InChI=1S/C20H22N6O5/c1-11-4-2-3-9-25(11)20-23-17-16(19(29)24-20)14(10-15(27)22-17)18(28)21-12-5-7-13(8-6-12)26(30)31/h5-8,11,14H,2-4,9-10H2,1H3,(H,21,28)(H2,22,23,24,27,29)/t11-,14-/m1/s1. The highest BCUT2D eigenvalue weighted by Crippen LogP contribution is 2.31. The third kappa shape index (κ3) is 4.11. The van der Waals surface area contributed by atoms with Gasteiger partial charge in [-0.25, -0.2) is 0 Å². The first-order chi connectivity index (χ1) is 14.8. The van der Waals surface area contributed by atoms with Crippen molar-refractivity contribution < 1.29 is 14.5 Å². The second kappa shape index (κ2) is 8.17. The van der Waals surface area contributed by atoms with Crippen LogP contribution >= 0.6 is 0 Å². The molecule has 2 atom stereocenters. The normalized spacial score (nSPS) is 20.5. The summed E-state index contributed by atoms with van der Waals surface area (Å²) >= 11 is 0. The summed E-state index contributed by atoms with van der Waals surface area (Å²) in [5, 5.41) is 16.0. The van der Waals surface area contributed by atoms with E-state index in [-0.39, 0.29) is 29.5 Å². The number of nitrogens with one attached hydrogen (secondary N) is 3. The van der Waals surface area contributed by atoms with E-state index in [2.05, 4.69) is 27.5 Å². The number of aromatic nitrogens is 2. The quantitative estimate of drug-likeness (QED) is 0.500. The number of fused-ring (bicyclic) bond motifs is 1. The molecule has 1 fully saturated rings. The molecule has 2 amide bonds. The Morgan fingerprint density at radius 2 is 2.00 bits per heavy atom. The van der Waals surface area contributed by atoms with E-state index in [1.165, 1.54) is 24.3 Å². The number of rotatable bonds is 4. The number of amides is 2. The fourth-order valence-corrected chi connectivity index (χ4v) is 4.03. The number of H-pyrrole nitrogens is 1. The molecule has 0 bridgehead atoms. The number of nitro groups is 1. The van der Waals surface area contributed by atoms with Crippen molar-refractivity contribution in [2.24, 2.45) is 0 Å². The third-order valence-electron chi connectivity index (χ3n) is 5.68. The molecule has 0 saturated carbocycles. The van der Waals surface area contributed by atoms with Gasteiger partial charge in [0.1, 0.15) is 5.82 Å². The molecule has 11 heteroatoms. The van der Waals surface area contributed by atoms with Crippen molar-refractivity contribution in [3.8, 4) is 0 Å². The van der Waals surface area contributed by atoms with E-state index in [4.69, 9.17) is 0 Å². The van der Waals surface area contributed by atoms with E-state index >= 15 is 0 Å². The van der Waals surface area contributed by atoms with Crippen molar-refractivity contribution in [1.82, 2.24) is 9.97 Å². The van der Waals surface area contributed by atoms with Gasteiger partial charge in [0.25, 0.3) is 11.2 Å². The topological polar surface area (TPSA) is 150 Å². The van der Waals surface area contributed by atoms with Crippen LogP contribution in [0.1, 0.15) is 44.1 Å². The lowest BCUT2D eigenvalue weighted by Gasteiger charge is -2.34. The fourth-order valence-electron chi connectivity index (χ4n) is 4.03. The maximum Gasteiger partial charge on any atom is 0.269 e. The molecule has 0 unspecified atom stereocenters. The highest BCUT2D eigenvalue weighted by Gasteiger charge is 2.35. The van der Waals surface area contributed by atoms with E-state index in [0.29, 0.717) is 11.6 Å². The van der Waals surface area contributed by atoms with Crippen molar-refractivity contribution in [3.63, 3.8) is 0 Å². The maximum atomic E-state index is 12.9. The van der Waals surface area contributed by atoms with Crippen molar-refractivity contribution in [3.05, 3.63) is 50.3 Å². The molecule has 2 aromatic rings. The molecular weight excluding hydrogens is 404 g/mol.